The Morgan fingerprint density at radius 3 is 1.14 bits per heavy atom. The third kappa shape index (κ3) is 5.11. The van der Waals surface area contributed by atoms with Crippen LogP contribution in [0, 0.1) is 0 Å². The summed E-state index contributed by atoms with van der Waals surface area (Å²) >= 11 is 0. The molecule has 0 saturated carbocycles. The number of allylic oxidation sites excluding steroid dienone is 2. The molecule has 2 aliphatic rings. The molecule has 4 heteroatoms. The van der Waals surface area contributed by atoms with E-state index in [-0.39, 0.29) is 0 Å². The molecule has 0 saturated heterocycles. The lowest BCUT2D eigenvalue weighted by molar-refractivity contribution is 0.888. The molecule has 4 heterocycles. The van der Waals surface area contributed by atoms with E-state index in [1.54, 1.807) is 0 Å². The fourth-order valence-corrected chi connectivity index (χ4v) is 11.3. The third-order valence-corrected chi connectivity index (χ3v) is 14.1. The first kappa shape index (κ1) is 35.5. The van der Waals surface area contributed by atoms with E-state index in [0.717, 1.165) is 25.7 Å². The van der Waals surface area contributed by atoms with Crippen molar-refractivity contribution in [2.45, 2.75) is 25.7 Å². The summed E-state index contributed by atoms with van der Waals surface area (Å²) in [4.78, 5) is 0. The largest absolute Gasteiger partial charge is 0.313 e. The summed E-state index contributed by atoms with van der Waals surface area (Å²) in [5.74, 6) is 0. The summed E-state index contributed by atoms with van der Waals surface area (Å²) in [5.41, 5.74) is 20.0. The minimum absolute atomic E-state index is 1.04. The number of nitrogens with zero attached hydrogens (tertiary/aromatic N) is 4. The van der Waals surface area contributed by atoms with Gasteiger partial charge in [0, 0.05) is 77.6 Å². The minimum Gasteiger partial charge on any atom is -0.313 e. The van der Waals surface area contributed by atoms with Crippen LogP contribution in [0.15, 0.2) is 194 Å². The molecule has 0 bridgehead atoms. The van der Waals surface area contributed by atoms with Gasteiger partial charge in [-0.1, -0.05) is 109 Å². The van der Waals surface area contributed by atoms with E-state index in [1.165, 1.54) is 122 Å². The van der Waals surface area contributed by atoms with Gasteiger partial charge >= 0.3 is 0 Å². The number of benzene rings is 8. The molecule has 64 heavy (non-hydrogen) atoms. The van der Waals surface area contributed by atoms with Crippen LogP contribution in [0.1, 0.15) is 35.4 Å². The van der Waals surface area contributed by atoms with E-state index in [0.29, 0.717) is 0 Å². The van der Waals surface area contributed by atoms with Crippen LogP contribution in [0.4, 0.5) is 0 Å². The molecule has 0 atom stereocenters. The van der Waals surface area contributed by atoms with Gasteiger partial charge in [0.2, 0.25) is 0 Å². The highest BCUT2D eigenvalue weighted by atomic mass is 15.0. The lowest BCUT2D eigenvalue weighted by Gasteiger charge is -2.13. The standard InChI is InChI=1S/C60H42N4/c1-3-15-41(16-4-1)61-53-23-11-9-21-47(53)51-37-43(29-33-59(51)61)63-55-25-13-7-19-45(55)49-35-39(27-31-57(49)63)40-28-32-58-50(36-40)46-20-8-14-26-56(46)64(58)44-30-34-60-52(38-44)48-22-10-12-24-54(48)62(60)42-17-5-2-6-18-42/h1-10,13-22,25-38H,11-12,23-24H2. The van der Waals surface area contributed by atoms with Crippen molar-refractivity contribution in [3.8, 4) is 33.9 Å². The highest BCUT2D eigenvalue weighted by Gasteiger charge is 2.23. The maximum absolute atomic E-state index is 2.47. The predicted molar refractivity (Wildman–Crippen MR) is 269 cm³/mol. The Kier molecular flexibility index (Phi) is 7.61. The van der Waals surface area contributed by atoms with Crippen LogP contribution >= 0.6 is 0 Å². The van der Waals surface area contributed by atoms with Crippen LogP contribution in [-0.4, -0.2) is 18.3 Å². The zero-order valence-electron chi connectivity index (χ0n) is 35.2. The molecular formula is C60H42N4. The number of rotatable bonds is 5. The molecular weight excluding hydrogens is 777 g/mol. The van der Waals surface area contributed by atoms with Gasteiger partial charge in [0.05, 0.1) is 33.1 Å². The molecule has 4 nitrogen and oxygen atoms in total. The molecule has 0 unspecified atom stereocenters. The molecule has 0 N–H and O–H groups in total. The quantitative estimate of drug-likeness (QED) is 0.165. The van der Waals surface area contributed by atoms with Crippen molar-refractivity contribution < 1.29 is 0 Å². The van der Waals surface area contributed by atoms with Gasteiger partial charge in [-0.25, -0.2) is 0 Å². The van der Waals surface area contributed by atoms with Crippen LogP contribution in [0.5, 0.6) is 0 Å². The maximum Gasteiger partial charge on any atom is 0.0541 e. The second kappa shape index (κ2) is 13.7. The van der Waals surface area contributed by atoms with Crippen molar-refractivity contribution in [1.82, 2.24) is 18.3 Å². The second-order valence-electron chi connectivity index (χ2n) is 17.5. The maximum atomic E-state index is 2.47. The van der Waals surface area contributed by atoms with Gasteiger partial charge < -0.3 is 18.3 Å². The SMILES string of the molecule is C1=Cc2c(n(-c3ccccc3)c3ccc(-n4c5ccccc5c5cc(-c6ccc7c(c6)c6ccccc6n7-c6ccc7c(c6)c6c(n7-c7ccccc7)CCC=C6)ccc54)cc23)CC1. The fourth-order valence-electron chi connectivity index (χ4n) is 11.3. The van der Waals surface area contributed by atoms with Gasteiger partial charge in [-0.3, -0.25) is 0 Å². The fraction of sp³-hybridized carbons (Fsp3) is 0.0667. The lowest BCUT2D eigenvalue weighted by atomic mass is 10.0. The van der Waals surface area contributed by atoms with Gasteiger partial charge in [-0.15, -0.1) is 0 Å². The summed E-state index contributed by atoms with van der Waals surface area (Å²) in [7, 11) is 0. The third-order valence-electron chi connectivity index (χ3n) is 14.1. The van der Waals surface area contributed by atoms with Crippen LogP contribution in [0.3, 0.4) is 0 Å². The molecule has 0 fully saturated rings. The Morgan fingerprint density at radius 2 is 0.672 bits per heavy atom. The Bertz CT molecular complexity index is 3680. The highest BCUT2D eigenvalue weighted by Crippen LogP contribution is 2.42. The van der Waals surface area contributed by atoms with E-state index in [9.17, 15) is 0 Å². The lowest BCUT2D eigenvalue weighted by Crippen LogP contribution is -2.02. The van der Waals surface area contributed by atoms with Crippen molar-refractivity contribution in [2.24, 2.45) is 0 Å². The van der Waals surface area contributed by atoms with Crippen LogP contribution < -0.4 is 0 Å². The molecule has 2 aliphatic carbocycles. The van der Waals surface area contributed by atoms with Crippen LogP contribution in [0.2, 0.25) is 0 Å². The first-order valence-electron chi connectivity index (χ1n) is 22.6. The highest BCUT2D eigenvalue weighted by molar-refractivity contribution is 6.13. The molecule has 12 aromatic rings. The molecule has 14 rings (SSSR count). The first-order valence-corrected chi connectivity index (χ1v) is 22.6. The zero-order valence-corrected chi connectivity index (χ0v) is 35.2. The number of hydrogen-bond donors (Lipinski definition) is 0. The van der Waals surface area contributed by atoms with E-state index >= 15 is 0 Å². The normalized spacial score (nSPS) is 13.6. The van der Waals surface area contributed by atoms with Crippen molar-refractivity contribution in [3.05, 3.63) is 217 Å². The van der Waals surface area contributed by atoms with Crippen molar-refractivity contribution in [3.63, 3.8) is 0 Å². The Balaban J connectivity index is 0.908. The van der Waals surface area contributed by atoms with Crippen molar-refractivity contribution in [2.75, 3.05) is 0 Å². The molecule has 0 aliphatic heterocycles. The molecule has 8 aromatic carbocycles. The monoisotopic (exact) mass is 818 g/mol. The summed E-state index contributed by atoms with van der Waals surface area (Å²) in [6.45, 7) is 0. The van der Waals surface area contributed by atoms with Crippen LogP contribution in [-0.2, 0) is 12.8 Å². The topological polar surface area (TPSA) is 19.7 Å². The van der Waals surface area contributed by atoms with Gasteiger partial charge in [-0.05, 0) is 134 Å². The van der Waals surface area contributed by atoms with E-state index in [1.807, 2.05) is 0 Å². The summed E-state index contributed by atoms with van der Waals surface area (Å²) < 4.78 is 9.86. The first-order chi connectivity index (χ1) is 31.8. The molecule has 0 radical (unpaired) electrons. The van der Waals surface area contributed by atoms with Gasteiger partial charge in [-0.2, -0.15) is 0 Å². The molecule has 302 valence electrons. The zero-order chi connectivity index (χ0) is 41.9. The van der Waals surface area contributed by atoms with E-state index in [2.05, 4.69) is 225 Å². The number of para-hydroxylation sites is 4. The van der Waals surface area contributed by atoms with E-state index in [4.69, 9.17) is 0 Å². The smallest absolute Gasteiger partial charge is 0.0541 e. The average Bonchev–Trinajstić information content (AvgIpc) is 4.09. The Hall–Kier alpha value is -8.08. The average molecular weight is 819 g/mol. The second-order valence-corrected chi connectivity index (χ2v) is 17.5. The number of aromatic nitrogens is 4. The van der Waals surface area contributed by atoms with Gasteiger partial charge in [0.15, 0.2) is 0 Å². The van der Waals surface area contributed by atoms with Gasteiger partial charge in [0.1, 0.15) is 0 Å². The van der Waals surface area contributed by atoms with Gasteiger partial charge in [0.25, 0.3) is 0 Å². The summed E-state index contributed by atoms with van der Waals surface area (Å²) in [5, 5.41) is 7.62. The van der Waals surface area contributed by atoms with Crippen molar-refractivity contribution in [1.29, 1.82) is 0 Å². The van der Waals surface area contributed by atoms with Crippen LogP contribution in [0.25, 0.3) is 111 Å². The van der Waals surface area contributed by atoms with E-state index < -0.39 is 0 Å². The van der Waals surface area contributed by atoms with Crippen molar-refractivity contribution >= 4 is 77.6 Å². The number of fused-ring (bicyclic) bond motifs is 12. The molecule has 0 amide bonds. The summed E-state index contributed by atoms with van der Waals surface area (Å²) in [6, 6.07) is 67.6. The molecule has 4 aromatic heterocycles. The Labute approximate surface area is 370 Å². The minimum atomic E-state index is 1.04. The predicted octanol–water partition coefficient (Wildman–Crippen LogP) is 15.4. The molecule has 0 spiro atoms. The Morgan fingerprint density at radius 1 is 0.281 bits per heavy atom. The summed E-state index contributed by atoms with van der Waals surface area (Å²) in [6.07, 6.45) is 13.5. The number of hydrogen-bond acceptors (Lipinski definition) is 0.